The molecule has 2 fully saturated rings. The van der Waals surface area contributed by atoms with Gasteiger partial charge in [-0.15, -0.1) is 0 Å². The van der Waals surface area contributed by atoms with E-state index < -0.39 is 0 Å². The van der Waals surface area contributed by atoms with Crippen molar-refractivity contribution < 1.29 is 4.74 Å². The summed E-state index contributed by atoms with van der Waals surface area (Å²) in [4.78, 5) is 7.69. The number of hydrogen-bond acceptors (Lipinski definition) is 2. The monoisotopic (exact) mass is 178 g/mol. The van der Waals surface area contributed by atoms with E-state index >= 15 is 0 Å². The lowest BCUT2D eigenvalue weighted by Gasteiger charge is -2.06. The predicted molar refractivity (Wildman–Crippen MR) is 48.7 cm³/mol. The molecule has 1 aliphatic carbocycles. The van der Waals surface area contributed by atoms with E-state index in [0.29, 0.717) is 5.92 Å². The van der Waals surface area contributed by atoms with Gasteiger partial charge in [-0.25, -0.2) is 4.98 Å². The van der Waals surface area contributed by atoms with Crippen molar-refractivity contribution in [3.63, 3.8) is 0 Å². The highest BCUT2D eigenvalue weighted by Gasteiger charge is 2.31. The van der Waals surface area contributed by atoms with Crippen LogP contribution in [-0.2, 0) is 4.74 Å². The number of ether oxygens (including phenoxy) is 1. The molecule has 0 spiro atoms. The van der Waals surface area contributed by atoms with Crippen molar-refractivity contribution >= 4 is 0 Å². The third kappa shape index (κ3) is 1.27. The van der Waals surface area contributed by atoms with Crippen LogP contribution in [0, 0.1) is 0 Å². The van der Waals surface area contributed by atoms with Crippen molar-refractivity contribution in [3.05, 3.63) is 17.7 Å². The third-order valence-electron chi connectivity index (χ3n) is 3.00. The Morgan fingerprint density at radius 2 is 2.23 bits per heavy atom. The Balaban J connectivity index is 1.88. The maximum Gasteiger partial charge on any atom is 0.0925 e. The van der Waals surface area contributed by atoms with E-state index in [2.05, 4.69) is 9.97 Å². The average molecular weight is 178 g/mol. The Morgan fingerprint density at radius 3 is 2.92 bits per heavy atom. The normalized spacial score (nSPS) is 28.2. The molecule has 1 saturated heterocycles. The van der Waals surface area contributed by atoms with E-state index in [1.54, 1.807) is 0 Å². The minimum atomic E-state index is 0.582. The van der Waals surface area contributed by atoms with Crippen LogP contribution in [0.1, 0.15) is 42.5 Å². The van der Waals surface area contributed by atoms with Gasteiger partial charge in [0.1, 0.15) is 0 Å². The molecule has 1 aromatic rings. The molecule has 2 aliphatic rings. The molecular weight excluding hydrogens is 164 g/mol. The Hall–Kier alpha value is -0.830. The molecule has 1 saturated carbocycles. The fourth-order valence-electron chi connectivity index (χ4n) is 2.09. The molecule has 2 heterocycles. The molecule has 3 rings (SSSR count). The number of hydrogen-bond donors (Lipinski definition) is 1. The van der Waals surface area contributed by atoms with Crippen LogP contribution in [0.25, 0.3) is 0 Å². The standard InChI is InChI=1S/C10H14N2O/c1-2-7(1)9-10(12-6-11-9)8-3-4-13-5-8/h6-8H,1-5H2,(H,11,12). The largest absolute Gasteiger partial charge is 0.381 e. The van der Waals surface area contributed by atoms with Crippen molar-refractivity contribution in [2.75, 3.05) is 13.2 Å². The molecule has 0 radical (unpaired) electrons. The van der Waals surface area contributed by atoms with E-state index in [1.165, 1.54) is 24.2 Å². The number of rotatable bonds is 2. The van der Waals surface area contributed by atoms with E-state index in [4.69, 9.17) is 4.74 Å². The summed E-state index contributed by atoms with van der Waals surface area (Å²) in [6.45, 7) is 1.79. The summed E-state index contributed by atoms with van der Waals surface area (Å²) in [6.07, 6.45) is 5.64. The summed E-state index contributed by atoms with van der Waals surface area (Å²) in [5.41, 5.74) is 2.66. The average Bonchev–Trinajstić information content (AvgIpc) is 2.72. The van der Waals surface area contributed by atoms with Gasteiger partial charge < -0.3 is 9.72 Å². The maximum absolute atomic E-state index is 5.39. The van der Waals surface area contributed by atoms with Gasteiger partial charge >= 0.3 is 0 Å². The first kappa shape index (κ1) is 7.56. The SMILES string of the molecule is c1nc(C2CC2)c(C2CCOC2)[nH]1. The third-order valence-corrected chi connectivity index (χ3v) is 3.00. The fraction of sp³-hybridized carbons (Fsp3) is 0.700. The second kappa shape index (κ2) is 2.84. The van der Waals surface area contributed by atoms with Gasteiger partial charge in [-0.3, -0.25) is 0 Å². The molecule has 1 aromatic heterocycles. The molecule has 13 heavy (non-hydrogen) atoms. The van der Waals surface area contributed by atoms with Crippen molar-refractivity contribution in [2.24, 2.45) is 0 Å². The van der Waals surface area contributed by atoms with Gasteiger partial charge in [0.15, 0.2) is 0 Å². The molecular formula is C10H14N2O. The Morgan fingerprint density at radius 1 is 1.31 bits per heavy atom. The first-order chi connectivity index (χ1) is 6.45. The quantitative estimate of drug-likeness (QED) is 0.749. The molecule has 1 N–H and O–H groups in total. The number of nitrogens with zero attached hydrogens (tertiary/aromatic N) is 1. The first-order valence-corrected chi connectivity index (χ1v) is 5.06. The number of aromatic nitrogens is 2. The van der Waals surface area contributed by atoms with Crippen molar-refractivity contribution in [1.82, 2.24) is 9.97 Å². The van der Waals surface area contributed by atoms with Crippen LogP contribution in [0.5, 0.6) is 0 Å². The van der Waals surface area contributed by atoms with Gasteiger partial charge in [0.25, 0.3) is 0 Å². The van der Waals surface area contributed by atoms with Gasteiger partial charge in [-0.2, -0.15) is 0 Å². The Labute approximate surface area is 77.5 Å². The highest BCUT2D eigenvalue weighted by Crippen LogP contribution is 2.42. The molecule has 1 aliphatic heterocycles. The lowest BCUT2D eigenvalue weighted by atomic mass is 10.0. The van der Waals surface area contributed by atoms with Gasteiger partial charge in [-0.1, -0.05) is 0 Å². The number of H-pyrrole nitrogens is 1. The van der Waals surface area contributed by atoms with Crippen LogP contribution >= 0.6 is 0 Å². The van der Waals surface area contributed by atoms with Crippen LogP contribution in [-0.4, -0.2) is 23.2 Å². The minimum Gasteiger partial charge on any atom is -0.381 e. The van der Waals surface area contributed by atoms with Crippen molar-refractivity contribution in [3.8, 4) is 0 Å². The number of aromatic amines is 1. The second-order valence-corrected chi connectivity index (χ2v) is 4.04. The van der Waals surface area contributed by atoms with Crippen molar-refractivity contribution in [1.29, 1.82) is 0 Å². The lowest BCUT2D eigenvalue weighted by Crippen LogP contribution is -2.01. The number of imidazole rings is 1. The van der Waals surface area contributed by atoms with Gasteiger partial charge in [0, 0.05) is 24.1 Å². The summed E-state index contributed by atoms with van der Waals surface area (Å²) in [5.74, 6) is 1.33. The summed E-state index contributed by atoms with van der Waals surface area (Å²) < 4.78 is 5.39. The van der Waals surface area contributed by atoms with Crippen LogP contribution in [0.15, 0.2) is 6.33 Å². The fourth-order valence-corrected chi connectivity index (χ4v) is 2.09. The summed E-state index contributed by atoms with van der Waals surface area (Å²) >= 11 is 0. The van der Waals surface area contributed by atoms with E-state index in [9.17, 15) is 0 Å². The zero-order valence-electron chi connectivity index (χ0n) is 7.62. The van der Waals surface area contributed by atoms with Crippen LogP contribution < -0.4 is 0 Å². The minimum absolute atomic E-state index is 0.582. The molecule has 70 valence electrons. The highest BCUT2D eigenvalue weighted by molar-refractivity contribution is 5.24. The van der Waals surface area contributed by atoms with Gasteiger partial charge in [0.2, 0.25) is 0 Å². The van der Waals surface area contributed by atoms with Gasteiger partial charge in [-0.05, 0) is 19.3 Å². The van der Waals surface area contributed by atoms with Crippen LogP contribution in [0.2, 0.25) is 0 Å². The summed E-state index contributed by atoms with van der Waals surface area (Å²) in [7, 11) is 0. The molecule has 0 amide bonds. The Kier molecular flexibility index (Phi) is 1.65. The molecule has 3 heteroatoms. The first-order valence-electron chi connectivity index (χ1n) is 5.06. The summed E-state index contributed by atoms with van der Waals surface area (Å²) in [6, 6.07) is 0. The summed E-state index contributed by atoms with van der Waals surface area (Å²) in [5, 5.41) is 0. The van der Waals surface area contributed by atoms with E-state index in [-0.39, 0.29) is 0 Å². The predicted octanol–water partition coefficient (Wildman–Crippen LogP) is 1.79. The van der Waals surface area contributed by atoms with Crippen LogP contribution in [0.3, 0.4) is 0 Å². The maximum atomic E-state index is 5.39. The highest BCUT2D eigenvalue weighted by atomic mass is 16.5. The van der Waals surface area contributed by atoms with Crippen molar-refractivity contribution in [2.45, 2.75) is 31.1 Å². The topological polar surface area (TPSA) is 37.9 Å². The van der Waals surface area contributed by atoms with E-state index in [1.807, 2.05) is 6.33 Å². The smallest absolute Gasteiger partial charge is 0.0925 e. The molecule has 1 atom stereocenters. The second-order valence-electron chi connectivity index (χ2n) is 4.04. The zero-order chi connectivity index (χ0) is 8.67. The van der Waals surface area contributed by atoms with E-state index in [0.717, 1.165) is 25.6 Å². The molecule has 0 aromatic carbocycles. The molecule has 1 unspecified atom stereocenters. The van der Waals surface area contributed by atoms with Gasteiger partial charge in [0.05, 0.1) is 18.6 Å². The lowest BCUT2D eigenvalue weighted by molar-refractivity contribution is 0.193. The number of nitrogens with one attached hydrogen (secondary N) is 1. The molecule has 3 nitrogen and oxygen atoms in total. The molecule has 0 bridgehead atoms. The zero-order valence-corrected chi connectivity index (χ0v) is 7.62. The van der Waals surface area contributed by atoms with Crippen LogP contribution in [0.4, 0.5) is 0 Å². The Bertz CT molecular complexity index is 298.